The van der Waals surface area contributed by atoms with Crippen molar-refractivity contribution >= 4 is 33.4 Å². The number of ether oxygens (including phenoxy) is 1. The molecule has 4 atom stereocenters. The first kappa shape index (κ1) is 27.4. The molecule has 2 aromatic carbocycles. The van der Waals surface area contributed by atoms with Crippen molar-refractivity contribution in [2.24, 2.45) is 11.0 Å². The van der Waals surface area contributed by atoms with E-state index in [1.165, 1.54) is 5.56 Å². The summed E-state index contributed by atoms with van der Waals surface area (Å²) in [5.41, 5.74) is 4.44. The molecule has 9 heteroatoms. The van der Waals surface area contributed by atoms with Crippen LogP contribution in [-0.4, -0.2) is 101 Å². The van der Waals surface area contributed by atoms with Gasteiger partial charge in [0, 0.05) is 82.2 Å². The summed E-state index contributed by atoms with van der Waals surface area (Å²) in [6, 6.07) is 16.1. The van der Waals surface area contributed by atoms with Gasteiger partial charge in [0.15, 0.2) is 0 Å². The van der Waals surface area contributed by atoms with Gasteiger partial charge in [-0.1, -0.05) is 24.3 Å². The van der Waals surface area contributed by atoms with Gasteiger partial charge in [-0.3, -0.25) is 13.4 Å². The minimum atomic E-state index is -1.00. The maximum absolute atomic E-state index is 12.0. The molecular formula is C29H38N4O3S2. The zero-order valence-electron chi connectivity index (χ0n) is 22.5. The lowest BCUT2D eigenvalue weighted by molar-refractivity contribution is 0.0912. The SMILES string of the molecule is CN1CCN(CCCN2N=C3/C(=C/c4ccc(S(C)=O)cc4)COCC3C2c2ccc(S(C)=O)cc2)CC1. The Bertz CT molecular complexity index is 1220. The second-order valence-electron chi connectivity index (χ2n) is 10.4. The molecule has 4 unspecified atom stereocenters. The van der Waals surface area contributed by atoms with Gasteiger partial charge in [-0.15, -0.1) is 0 Å². The number of nitrogens with zero attached hydrogens (tertiary/aromatic N) is 4. The molecule has 0 amide bonds. The van der Waals surface area contributed by atoms with Crippen molar-refractivity contribution < 1.29 is 13.2 Å². The molecule has 38 heavy (non-hydrogen) atoms. The Hall–Kier alpha value is -2.17. The summed E-state index contributed by atoms with van der Waals surface area (Å²) in [5.74, 6) is 0.138. The molecule has 0 saturated carbocycles. The third-order valence-corrected chi connectivity index (χ3v) is 9.61. The van der Waals surface area contributed by atoms with Gasteiger partial charge >= 0.3 is 0 Å². The summed E-state index contributed by atoms with van der Waals surface area (Å²) in [7, 11) is 0.195. The Morgan fingerprint density at radius 2 is 1.55 bits per heavy atom. The molecule has 3 aliphatic heterocycles. The Kier molecular flexibility index (Phi) is 8.90. The van der Waals surface area contributed by atoms with Crippen LogP contribution in [-0.2, 0) is 26.3 Å². The van der Waals surface area contributed by atoms with Gasteiger partial charge in [-0.25, -0.2) is 0 Å². The highest BCUT2D eigenvalue weighted by Gasteiger charge is 2.41. The average molecular weight is 555 g/mol. The predicted octanol–water partition coefficient (Wildman–Crippen LogP) is 3.24. The van der Waals surface area contributed by atoms with Crippen molar-refractivity contribution in [3.8, 4) is 0 Å². The molecule has 5 rings (SSSR count). The van der Waals surface area contributed by atoms with Crippen molar-refractivity contribution in [2.75, 3.05) is 72.0 Å². The van der Waals surface area contributed by atoms with E-state index in [1.54, 1.807) is 12.5 Å². The van der Waals surface area contributed by atoms with Crippen LogP contribution in [0.4, 0.5) is 0 Å². The van der Waals surface area contributed by atoms with E-state index < -0.39 is 21.6 Å². The summed E-state index contributed by atoms with van der Waals surface area (Å²) in [6.45, 7) is 7.62. The van der Waals surface area contributed by atoms with Crippen LogP contribution in [0.3, 0.4) is 0 Å². The highest BCUT2D eigenvalue weighted by atomic mass is 32.2. The largest absolute Gasteiger partial charge is 0.376 e. The lowest BCUT2D eigenvalue weighted by atomic mass is 9.85. The molecule has 3 heterocycles. The Balaban J connectivity index is 1.38. The number of benzene rings is 2. The number of hydrogen-bond acceptors (Lipinski definition) is 7. The first-order chi connectivity index (χ1) is 18.4. The van der Waals surface area contributed by atoms with Crippen molar-refractivity contribution in [2.45, 2.75) is 22.3 Å². The van der Waals surface area contributed by atoms with E-state index in [1.807, 2.05) is 36.4 Å². The van der Waals surface area contributed by atoms with Gasteiger partial charge in [-0.2, -0.15) is 5.10 Å². The van der Waals surface area contributed by atoms with E-state index in [9.17, 15) is 8.42 Å². The van der Waals surface area contributed by atoms with E-state index >= 15 is 0 Å². The minimum absolute atomic E-state index is 0.0884. The highest BCUT2D eigenvalue weighted by molar-refractivity contribution is 7.84. The quantitative estimate of drug-likeness (QED) is 0.499. The molecule has 0 aromatic heterocycles. The fourth-order valence-electron chi connectivity index (χ4n) is 5.52. The third kappa shape index (κ3) is 6.34. The van der Waals surface area contributed by atoms with E-state index in [0.717, 1.165) is 72.3 Å². The van der Waals surface area contributed by atoms with E-state index in [-0.39, 0.29) is 12.0 Å². The molecule has 0 N–H and O–H groups in total. The maximum Gasteiger partial charge on any atom is 0.0826 e. The number of hydrazone groups is 1. The van der Waals surface area contributed by atoms with Gasteiger partial charge in [0.25, 0.3) is 0 Å². The Labute approximate surface area is 231 Å². The molecule has 3 aliphatic rings. The van der Waals surface area contributed by atoms with E-state index in [0.29, 0.717) is 13.2 Å². The first-order valence-electron chi connectivity index (χ1n) is 13.3. The van der Waals surface area contributed by atoms with Gasteiger partial charge < -0.3 is 14.5 Å². The van der Waals surface area contributed by atoms with Crippen LogP contribution in [0.25, 0.3) is 6.08 Å². The van der Waals surface area contributed by atoms with Crippen LogP contribution in [0.1, 0.15) is 23.6 Å². The lowest BCUT2D eigenvalue weighted by Crippen LogP contribution is -2.45. The number of likely N-dealkylation sites (N-methyl/N-ethyl adjacent to an activating group) is 1. The van der Waals surface area contributed by atoms with E-state index in [2.05, 4.69) is 40.1 Å². The summed E-state index contributed by atoms with van der Waals surface area (Å²) < 4.78 is 29.9. The summed E-state index contributed by atoms with van der Waals surface area (Å²) >= 11 is 0. The molecule has 2 fully saturated rings. The number of rotatable bonds is 8. The summed E-state index contributed by atoms with van der Waals surface area (Å²) in [5, 5.41) is 7.47. The van der Waals surface area contributed by atoms with Crippen LogP contribution in [0.2, 0.25) is 0 Å². The molecule has 0 radical (unpaired) electrons. The van der Waals surface area contributed by atoms with Gasteiger partial charge in [0.05, 0.1) is 30.9 Å². The molecule has 0 spiro atoms. The standard InChI is InChI=1S/C29H38N4O3S2/c1-31-15-17-32(18-16-31)13-4-14-33-29(23-7-11-26(12-8-23)38(3)35)27-21-36-20-24(28(27)30-33)19-22-5-9-25(10-6-22)37(2)34/h5-12,19,27,29H,4,13-18,20-21H2,1-3H3/b24-19+. The normalized spacial score (nSPS) is 25.3. The molecular weight excluding hydrogens is 516 g/mol. The fourth-order valence-corrected chi connectivity index (χ4v) is 6.56. The van der Waals surface area contributed by atoms with Crippen LogP contribution >= 0.6 is 0 Å². The van der Waals surface area contributed by atoms with Crippen LogP contribution in [0, 0.1) is 5.92 Å². The first-order valence-corrected chi connectivity index (χ1v) is 16.4. The average Bonchev–Trinajstić information content (AvgIpc) is 3.29. The zero-order chi connectivity index (χ0) is 26.6. The van der Waals surface area contributed by atoms with Crippen molar-refractivity contribution in [1.29, 1.82) is 0 Å². The second-order valence-corrected chi connectivity index (χ2v) is 13.2. The molecule has 204 valence electrons. The van der Waals surface area contributed by atoms with Crippen molar-refractivity contribution in [3.05, 3.63) is 65.2 Å². The van der Waals surface area contributed by atoms with Crippen LogP contribution < -0.4 is 0 Å². The van der Waals surface area contributed by atoms with Crippen molar-refractivity contribution in [1.82, 2.24) is 14.8 Å². The third-order valence-electron chi connectivity index (χ3n) is 7.74. The van der Waals surface area contributed by atoms with Crippen LogP contribution in [0.5, 0.6) is 0 Å². The second kappa shape index (κ2) is 12.3. The summed E-state index contributed by atoms with van der Waals surface area (Å²) in [4.78, 5) is 6.61. The number of fused-ring (bicyclic) bond motifs is 1. The monoisotopic (exact) mass is 554 g/mol. The highest BCUT2D eigenvalue weighted by Crippen LogP contribution is 2.40. The van der Waals surface area contributed by atoms with Crippen LogP contribution in [0.15, 0.2) is 69.0 Å². The molecule has 7 nitrogen and oxygen atoms in total. The molecule has 0 bridgehead atoms. The zero-order valence-corrected chi connectivity index (χ0v) is 24.2. The van der Waals surface area contributed by atoms with Crippen molar-refractivity contribution in [3.63, 3.8) is 0 Å². The Morgan fingerprint density at radius 1 is 0.921 bits per heavy atom. The lowest BCUT2D eigenvalue weighted by Gasteiger charge is -2.33. The number of hydrogen-bond donors (Lipinski definition) is 0. The fraction of sp³-hybridized carbons (Fsp3) is 0.483. The predicted molar refractivity (Wildman–Crippen MR) is 155 cm³/mol. The molecule has 2 aromatic rings. The molecule has 2 saturated heterocycles. The topological polar surface area (TPSA) is 65.4 Å². The van der Waals surface area contributed by atoms with Gasteiger partial charge in [0.2, 0.25) is 0 Å². The van der Waals surface area contributed by atoms with E-state index in [4.69, 9.17) is 9.84 Å². The number of piperazine rings is 1. The minimum Gasteiger partial charge on any atom is -0.376 e. The Morgan fingerprint density at radius 3 is 2.18 bits per heavy atom. The maximum atomic E-state index is 12.0. The van der Waals surface area contributed by atoms with Gasteiger partial charge in [-0.05, 0) is 61.5 Å². The smallest absolute Gasteiger partial charge is 0.0826 e. The van der Waals surface area contributed by atoms with Gasteiger partial charge in [0.1, 0.15) is 0 Å². The summed E-state index contributed by atoms with van der Waals surface area (Å²) in [6.07, 6.45) is 6.62. The molecule has 0 aliphatic carbocycles.